The summed E-state index contributed by atoms with van der Waals surface area (Å²) in [6, 6.07) is 10.1. The van der Waals surface area contributed by atoms with Crippen LogP contribution in [0.3, 0.4) is 0 Å². The van der Waals surface area contributed by atoms with Crippen LogP contribution in [0.15, 0.2) is 41.4 Å². The fourth-order valence-corrected chi connectivity index (χ4v) is 3.16. The van der Waals surface area contributed by atoms with E-state index in [1.807, 2.05) is 0 Å². The quantitative estimate of drug-likeness (QED) is 0.436. The molecule has 0 aliphatic rings. The summed E-state index contributed by atoms with van der Waals surface area (Å²) in [6.45, 7) is 6.58. The number of thioether (sulfide) groups is 1. The second-order valence-corrected chi connectivity index (χ2v) is 7.63. The minimum absolute atomic E-state index is 0.143. The van der Waals surface area contributed by atoms with Crippen LogP contribution in [0.4, 0.5) is 0 Å². The highest BCUT2D eigenvalue weighted by molar-refractivity contribution is 7.98. The fourth-order valence-electron chi connectivity index (χ4n) is 2.06. The molecule has 0 saturated heterocycles. The van der Waals surface area contributed by atoms with Gasteiger partial charge in [-0.05, 0) is 22.6 Å². The number of pyridine rings is 1. The normalized spacial score (nSPS) is 11.3. The summed E-state index contributed by atoms with van der Waals surface area (Å²) in [7, 11) is 1.36. The van der Waals surface area contributed by atoms with E-state index in [4.69, 9.17) is 16.3 Å². The summed E-state index contributed by atoms with van der Waals surface area (Å²) in [5, 5.41) is 0.282. The van der Waals surface area contributed by atoms with Crippen molar-refractivity contribution in [1.29, 1.82) is 0 Å². The van der Waals surface area contributed by atoms with Gasteiger partial charge in [-0.3, -0.25) is 0 Å². The Labute approximate surface area is 146 Å². The van der Waals surface area contributed by atoms with Crippen LogP contribution < -0.4 is 0 Å². The summed E-state index contributed by atoms with van der Waals surface area (Å²) >= 11 is 7.41. The smallest absolute Gasteiger partial charge is 0.339 e. The second-order valence-electron chi connectivity index (χ2n) is 6.23. The summed E-state index contributed by atoms with van der Waals surface area (Å²) in [5.41, 5.74) is 3.08. The molecule has 2 aromatic rings. The van der Waals surface area contributed by atoms with Crippen molar-refractivity contribution in [1.82, 2.24) is 4.98 Å². The van der Waals surface area contributed by atoms with Crippen LogP contribution in [-0.2, 0) is 15.9 Å². The number of rotatable bonds is 4. The van der Waals surface area contributed by atoms with Crippen molar-refractivity contribution < 1.29 is 9.53 Å². The molecule has 0 fully saturated rings. The zero-order valence-electron chi connectivity index (χ0n) is 13.7. The minimum Gasteiger partial charge on any atom is -0.465 e. The second kappa shape index (κ2) is 7.37. The van der Waals surface area contributed by atoms with Crippen LogP contribution in [0.1, 0.15) is 42.3 Å². The average molecular weight is 350 g/mol. The largest absolute Gasteiger partial charge is 0.465 e. The lowest BCUT2D eigenvalue weighted by Gasteiger charge is -2.19. The molecule has 0 spiro atoms. The number of halogens is 1. The van der Waals surface area contributed by atoms with Crippen molar-refractivity contribution in [3.63, 3.8) is 0 Å². The first-order chi connectivity index (χ1) is 10.8. The lowest BCUT2D eigenvalue weighted by molar-refractivity contribution is 0.0596. The van der Waals surface area contributed by atoms with Gasteiger partial charge in [0.15, 0.2) is 0 Å². The van der Waals surface area contributed by atoms with Gasteiger partial charge in [-0.1, -0.05) is 56.6 Å². The maximum Gasteiger partial charge on any atom is 0.339 e. The molecule has 0 aliphatic carbocycles. The number of esters is 1. The maximum atomic E-state index is 11.8. The number of ether oxygens (including phenoxy) is 1. The van der Waals surface area contributed by atoms with E-state index in [1.54, 1.807) is 24.0 Å². The highest BCUT2D eigenvalue weighted by Gasteiger charge is 2.15. The molecule has 122 valence electrons. The molecule has 0 atom stereocenters. The molecule has 3 nitrogen and oxygen atoms in total. The first kappa shape index (κ1) is 17.8. The van der Waals surface area contributed by atoms with Crippen molar-refractivity contribution in [3.8, 4) is 0 Å². The molecule has 1 aromatic heterocycles. The minimum atomic E-state index is -0.403. The molecule has 23 heavy (non-hydrogen) atoms. The number of hydrogen-bond acceptors (Lipinski definition) is 4. The molecule has 0 N–H and O–H groups in total. The fraction of sp³-hybridized carbons (Fsp3) is 0.333. The number of carbonyl (C=O) groups excluding carboxylic acids is 1. The molecule has 5 heteroatoms. The Morgan fingerprint density at radius 1 is 1.26 bits per heavy atom. The highest BCUT2D eigenvalue weighted by atomic mass is 35.5. The third-order valence-electron chi connectivity index (χ3n) is 3.45. The Morgan fingerprint density at radius 2 is 1.91 bits per heavy atom. The van der Waals surface area contributed by atoms with E-state index >= 15 is 0 Å². The molecule has 0 saturated carbocycles. The Kier molecular flexibility index (Phi) is 5.71. The lowest BCUT2D eigenvalue weighted by Crippen LogP contribution is -2.10. The predicted octanol–water partition coefficient (Wildman–Crippen LogP) is 5.11. The topological polar surface area (TPSA) is 39.2 Å². The van der Waals surface area contributed by atoms with Crippen LogP contribution in [0.5, 0.6) is 0 Å². The average Bonchev–Trinajstić information content (AvgIpc) is 2.52. The zero-order chi connectivity index (χ0) is 17.0. The van der Waals surface area contributed by atoms with E-state index in [2.05, 4.69) is 50.0 Å². The summed E-state index contributed by atoms with van der Waals surface area (Å²) in [5.74, 6) is 0.345. The van der Waals surface area contributed by atoms with Gasteiger partial charge in [0.2, 0.25) is 0 Å². The third-order valence-corrected chi connectivity index (χ3v) is 4.77. The Balaban J connectivity index is 2.13. The number of benzene rings is 1. The monoisotopic (exact) mass is 349 g/mol. The zero-order valence-corrected chi connectivity index (χ0v) is 15.3. The predicted molar refractivity (Wildman–Crippen MR) is 95.3 cm³/mol. The lowest BCUT2D eigenvalue weighted by atomic mass is 9.87. The standard InChI is InChI=1S/C18H20ClNO2S/c1-18(2,3)13-7-5-12(6-8-13)11-23-15-10-20-16(19)9-14(15)17(21)22-4/h5-10H,11H2,1-4H3. The molecule has 0 unspecified atom stereocenters. The van der Waals surface area contributed by atoms with Crippen molar-refractivity contribution in [2.24, 2.45) is 0 Å². The van der Waals surface area contributed by atoms with Gasteiger partial charge in [0.1, 0.15) is 5.15 Å². The van der Waals surface area contributed by atoms with Crippen molar-refractivity contribution in [2.75, 3.05) is 7.11 Å². The van der Waals surface area contributed by atoms with Gasteiger partial charge in [-0.2, -0.15) is 0 Å². The van der Waals surface area contributed by atoms with Crippen LogP contribution in [0.25, 0.3) is 0 Å². The van der Waals surface area contributed by atoms with Crippen LogP contribution in [-0.4, -0.2) is 18.1 Å². The van der Waals surface area contributed by atoms with E-state index in [-0.39, 0.29) is 10.6 Å². The number of hydrogen-bond donors (Lipinski definition) is 0. The molecule has 0 amide bonds. The molecule has 2 rings (SSSR count). The first-order valence-corrected chi connectivity index (χ1v) is 8.63. The summed E-state index contributed by atoms with van der Waals surface area (Å²) < 4.78 is 4.80. The summed E-state index contributed by atoms with van der Waals surface area (Å²) in [6.07, 6.45) is 1.61. The van der Waals surface area contributed by atoms with E-state index in [0.29, 0.717) is 5.56 Å². The molecule has 0 radical (unpaired) electrons. The maximum absolute atomic E-state index is 11.8. The SMILES string of the molecule is COC(=O)c1cc(Cl)ncc1SCc1ccc(C(C)(C)C)cc1. The van der Waals surface area contributed by atoms with Crippen molar-refractivity contribution in [2.45, 2.75) is 36.8 Å². The van der Waals surface area contributed by atoms with Gasteiger partial charge in [0.05, 0.1) is 12.7 Å². The van der Waals surface area contributed by atoms with Crippen LogP contribution in [0.2, 0.25) is 5.15 Å². The van der Waals surface area contributed by atoms with E-state index in [1.165, 1.54) is 18.2 Å². The van der Waals surface area contributed by atoms with Crippen molar-refractivity contribution in [3.05, 3.63) is 58.4 Å². The Bertz CT molecular complexity index is 693. The van der Waals surface area contributed by atoms with Crippen LogP contribution in [0, 0.1) is 0 Å². The molecular formula is C18H20ClNO2S. The Hall–Kier alpha value is -1.52. The number of carbonyl (C=O) groups is 1. The number of methoxy groups -OCH3 is 1. The third kappa shape index (κ3) is 4.72. The van der Waals surface area contributed by atoms with E-state index in [9.17, 15) is 4.79 Å². The van der Waals surface area contributed by atoms with Crippen LogP contribution >= 0.6 is 23.4 Å². The summed E-state index contributed by atoms with van der Waals surface area (Å²) in [4.78, 5) is 16.6. The van der Waals surface area contributed by atoms with E-state index in [0.717, 1.165) is 10.6 Å². The molecule has 0 aliphatic heterocycles. The Morgan fingerprint density at radius 3 is 2.48 bits per heavy atom. The number of aromatic nitrogens is 1. The molecular weight excluding hydrogens is 330 g/mol. The van der Waals surface area contributed by atoms with Gasteiger partial charge in [-0.15, -0.1) is 11.8 Å². The van der Waals surface area contributed by atoms with Gasteiger partial charge in [0.25, 0.3) is 0 Å². The molecule has 1 aromatic carbocycles. The van der Waals surface area contributed by atoms with Crippen molar-refractivity contribution >= 4 is 29.3 Å². The van der Waals surface area contributed by atoms with E-state index < -0.39 is 5.97 Å². The molecule has 0 bridgehead atoms. The van der Waals surface area contributed by atoms with Gasteiger partial charge < -0.3 is 4.74 Å². The highest BCUT2D eigenvalue weighted by Crippen LogP contribution is 2.29. The molecule has 1 heterocycles. The first-order valence-electron chi connectivity index (χ1n) is 7.27. The van der Waals surface area contributed by atoms with Gasteiger partial charge in [0, 0.05) is 16.8 Å². The number of nitrogens with zero attached hydrogens (tertiary/aromatic N) is 1. The van der Waals surface area contributed by atoms with Gasteiger partial charge in [-0.25, -0.2) is 9.78 Å². The van der Waals surface area contributed by atoms with Gasteiger partial charge >= 0.3 is 5.97 Å².